The molecule has 0 aliphatic carbocycles. The van der Waals surface area contributed by atoms with E-state index >= 15 is 0 Å². The molecule has 42 heavy (non-hydrogen) atoms. The molecule has 2 heteroatoms. The summed E-state index contributed by atoms with van der Waals surface area (Å²) in [5.41, 5.74) is 10.3. The van der Waals surface area contributed by atoms with E-state index in [1.54, 1.807) is 10.4 Å². The van der Waals surface area contributed by atoms with Gasteiger partial charge in [-0.2, -0.15) is 0 Å². The number of benzene rings is 6. The van der Waals surface area contributed by atoms with Crippen molar-refractivity contribution in [3.63, 3.8) is 0 Å². The Balaban J connectivity index is 1.96. The minimum atomic E-state index is -1.66. The fraction of sp³-hybridized carbons (Fsp3) is 0.150. The zero-order chi connectivity index (χ0) is 29.5. The summed E-state index contributed by atoms with van der Waals surface area (Å²) in [7, 11) is -3.33. The van der Waals surface area contributed by atoms with Crippen molar-refractivity contribution in [1.29, 1.82) is 0 Å². The fourth-order valence-electron chi connectivity index (χ4n) is 6.37. The van der Waals surface area contributed by atoms with Crippen molar-refractivity contribution in [2.45, 2.75) is 39.3 Å². The standard InChI is InChI=1S/C40H40Si2/c1-41(2,3)35-27-33-34(28-36(35)42(4,5)6)38(30-21-13-8-14-22-30)40(32-25-17-10-18-26-32)39(31-23-15-9-16-24-31)37(33)29-19-11-7-12-20-29/h7-28H,1-6H3. The molecule has 0 heterocycles. The van der Waals surface area contributed by atoms with E-state index in [-0.39, 0.29) is 0 Å². The predicted octanol–water partition coefficient (Wildman–Crippen LogP) is 10.6. The Bertz CT molecular complexity index is 1700. The van der Waals surface area contributed by atoms with Crippen LogP contribution in [0, 0.1) is 0 Å². The largest absolute Gasteiger partial charge is 0.0774 e. The third-order valence-electron chi connectivity index (χ3n) is 8.31. The Labute approximate surface area is 253 Å². The van der Waals surface area contributed by atoms with E-state index in [0.29, 0.717) is 0 Å². The topological polar surface area (TPSA) is 0 Å². The maximum Gasteiger partial charge on any atom is 0.0774 e. The molecule has 0 saturated carbocycles. The summed E-state index contributed by atoms with van der Waals surface area (Å²) in [4.78, 5) is 0. The number of hydrogen-bond acceptors (Lipinski definition) is 0. The molecule has 0 aromatic heterocycles. The van der Waals surface area contributed by atoms with Crippen LogP contribution >= 0.6 is 0 Å². The number of fused-ring (bicyclic) bond motifs is 1. The van der Waals surface area contributed by atoms with Gasteiger partial charge in [-0.1, -0.05) is 183 Å². The summed E-state index contributed by atoms with van der Waals surface area (Å²) in [5.74, 6) is 0. The highest BCUT2D eigenvalue weighted by Gasteiger charge is 2.31. The van der Waals surface area contributed by atoms with Crippen LogP contribution in [0.5, 0.6) is 0 Å². The van der Waals surface area contributed by atoms with Gasteiger partial charge in [0.15, 0.2) is 0 Å². The molecule has 0 N–H and O–H groups in total. The smallest absolute Gasteiger partial charge is 0.0656 e. The summed E-state index contributed by atoms with van der Waals surface area (Å²) < 4.78 is 0. The quantitative estimate of drug-likeness (QED) is 0.173. The average molecular weight is 577 g/mol. The molecule has 6 rings (SSSR count). The monoisotopic (exact) mass is 576 g/mol. The fourth-order valence-corrected chi connectivity index (χ4v) is 11.5. The summed E-state index contributed by atoms with van der Waals surface area (Å²) in [6.07, 6.45) is 0. The van der Waals surface area contributed by atoms with E-state index in [4.69, 9.17) is 0 Å². The summed E-state index contributed by atoms with van der Waals surface area (Å²) >= 11 is 0. The zero-order valence-electron chi connectivity index (χ0n) is 25.7. The van der Waals surface area contributed by atoms with E-state index in [1.165, 1.54) is 55.3 Å². The number of hydrogen-bond donors (Lipinski definition) is 0. The maximum absolute atomic E-state index is 2.62. The molecule has 0 aliphatic heterocycles. The first kappa shape index (κ1) is 28.1. The van der Waals surface area contributed by atoms with Gasteiger partial charge in [0.05, 0.1) is 16.1 Å². The zero-order valence-corrected chi connectivity index (χ0v) is 27.7. The molecule has 0 spiro atoms. The Morgan fingerprint density at radius 3 is 0.786 bits per heavy atom. The van der Waals surface area contributed by atoms with E-state index < -0.39 is 16.1 Å². The molecule has 6 aromatic rings. The maximum atomic E-state index is 2.62. The number of rotatable bonds is 6. The van der Waals surface area contributed by atoms with Crippen LogP contribution in [0.2, 0.25) is 39.3 Å². The second kappa shape index (κ2) is 11.0. The molecule has 208 valence electrons. The lowest BCUT2D eigenvalue weighted by atomic mass is 9.79. The van der Waals surface area contributed by atoms with Crippen LogP contribution in [-0.2, 0) is 0 Å². The van der Waals surface area contributed by atoms with Crippen molar-refractivity contribution in [2.24, 2.45) is 0 Å². The molecule has 0 nitrogen and oxygen atoms in total. The van der Waals surface area contributed by atoms with Crippen LogP contribution in [-0.4, -0.2) is 16.1 Å². The van der Waals surface area contributed by atoms with E-state index in [1.807, 2.05) is 0 Å². The molecule has 0 amide bonds. The molecule has 0 saturated heterocycles. The lowest BCUT2D eigenvalue weighted by molar-refractivity contribution is 1.57. The Morgan fingerprint density at radius 2 is 0.548 bits per heavy atom. The van der Waals surface area contributed by atoms with Gasteiger partial charge < -0.3 is 0 Å². The second-order valence-electron chi connectivity index (χ2n) is 13.4. The summed E-state index contributed by atoms with van der Waals surface area (Å²) in [5, 5.41) is 5.93. The van der Waals surface area contributed by atoms with Crippen molar-refractivity contribution >= 4 is 37.3 Å². The third kappa shape index (κ3) is 5.21. The highest BCUT2D eigenvalue weighted by molar-refractivity contribution is 6.98. The van der Waals surface area contributed by atoms with Crippen LogP contribution in [0.15, 0.2) is 133 Å². The highest BCUT2D eigenvalue weighted by Crippen LogP contribution is 2.50. The molecular formula is C40H40Si2. The lowest BCUT2D eigenvalue weighted by Crippen LogP contribution is -2.56. The van der Waals surface area contributed by atoms with Gasteiger partial charge in [0.25, 0.3) is 0 Å². The molecule has 0 bridgehead atoms. The van der Waals surface area contributed by atoms with Crippen molar-refractivity contribution < 1.29 is 0 Å². The lowest BCUT2D eigenvalue weighted by Gasteiger charge is -2.31. The van der Waals surface area contributed by atoms with Crippen molar-refractivity contribution in [1.82, 2.24) is 0 Å². The Kier molecular flexibility index (Phi) is 7.38. The minimum absolute atomic E-state index is 1.25. The molecule has 0 radical (unpaired) electrons. The summed E-state index contributed by atoms with van der Waals surface area (Å²) in [6.45, 7) is 15.1. The van der Waals surface area contributed by atoms with Gasteiger partial charge in [0, 0.05) is 0 Å². The van der Waals surface area contributed by atoms with Gasteiger partial charge in [-0.25, -0.2) is 0 Å². The predicted molar refractivity (Wildman–Crippen MR) is 192 cm³/mol. The van der Waals surface area contributed by atoms with Crippen LogP contribution in [0.4, 0.5) is 0 Å². The minimum Gasteiger partial charge on any atom is -0.0656 e. The van der Waals surface area contributed by atoms with Crippen LogP contribution in [0.1, 0.15) is 0 Å². The van der Waals surface area contributed by atoms with Crippen molar-refractivity contribution in [2.75, 3.05) is 0 Å². The third-order valence-corrected chi connectivity index (χ3v) is 12.6. The van der Waals surface area contributed by atoms with E-state index in [2.05, 4.69) is 173 Å². The van der Waals surface area contributed by atoms with Gasteiger partial charge in [-0.05, 0) is 55.3 Å². The Hall–Kier alpha value is -3.99. The second-order valence-corrected chi connectivity index (χ2v) is 23.5. The molecule has 0 aliphatic rings. The first-order chi connectivity index (χ1) is 20.1. The van der Waals surface area contributed by atoms with Gasteiger partial charge in [0.2, 0.25) is 0 Å². The van der Waals surface area contributed by atoms with Gasteiger partial charge >= 0.3 is 0 Å². The highest BCUT2D eigenvalue weighted by atomic mass is 28.3. The first-order valence-corrected chi connectivity index (χ1v) is 22.0. The summed E-state index contributed by atoms with van der Waals surface area (Å²) in [6, 6.07) is 49.4. The van der Waals surface area contributed by atoms with Gasteiger partial charge in [-0.15, -0.1) is 0 Å². The van der Waals surface area contributed by atoms with Gasteiger partial charge in [-0.3, -0.25) is 0 Å². The van der Waals surface area contributed by atoms with Gasteiger partial charge in [0.1, 0.15) is 0 Å². The van der Waals surface area contributed by atoms with Crippen molar-refractivity contribution in [3.8, 4) is 44.5 Å². The van der Waals surface area contributed by atoms with E-state index in [0.717, 1.165) is 0 Å². The normalized spacial score (nSPS) is 12.0. The molecular weight excluding hydrogens is 537 g/mol. The SMILES string of the molecule is C[Si](C)(C)c1cc2c(-c3ccccc3)c(-c3ccccc3)c(-c3ccccc3)c(-c3ccccc3)c2cc1[Si](C)(C)C. The van der Waals surface area contributed by atoms with Crippen molar-refractivity contribution in [3.05, 3.63) is 133 Å². The molecule has 0 unspecified atom stereocenters. The Morgan fingerprint density at radius 1 is 0.310 bits per heavy atom. The molecule has 0 atom stereocenters. The molecule has 6 aromatic carbocycles. The van der Waals surface area contributed by atoms with Crippen LogP contribution in [0.3, 0.4) is 0 Å². The molecule has 0 fully saturated rings. The van der Waals surface area contributed by atoms with E-state index in [9.17, 15) is 0 Å². The average Bonchev–Trinajstić information content (AvgIpc) is 3.00. The van der Waals surface area contributed by atoms with Crippen LogP contribution in [0.25, 0.3) is 55.3 Å². The first-order valence-electron chi connectivity index (χ1n) is 15.0. The van der Waals surface area contributed by atoms with Crippen LogP contribution < -0.4 is 10.4 Å².